The zero-order valence-electron chi connectivity index (χ0n) is 10.8. The Kier molecular flexibility index (Phi) is 3.93. The summed E-state index contributed by atoms with van der Waals surface area (Å²) in [6.45, 7) is 4.20. The molecule has 0 spiro atoms. The van der Waals surface area contributed by atoms with Crippen molar-refractivity contribution in [1.82, 2.24) is 4.90 Å². The molecule has 2 heterocycles. The Labute approximate surface area is 136 Å². The van der Waals surface area contributed by atoms with Crippen LogP contribution in [-0.2, 0) is 4.79 Å². The van der Waals surface area contributed by atoms with Crippen molar-refractivity contribution in [3.05, 3.63) is 40.3 Å². The number of carbonyl (C=O) groups is 1. The summed E-state index contributed by atoms with van der Waals surface area (Å²) in [4.78, 5) is 14.3. The monoisotopic (exact) mass is 339 g/mol. The van der Waals surface area contributed by atoms with Gasteiger partial charge in [-0.1, -0.05) is 41.7 Å². The predicted molar refractivity (Wildman–Crippen MR) is 87.7 cm³/mol. The van der Waals surface area contributed by atoms with Crippen LogP contribution in [0.2, 0.25) is 5.02 Å². The number of thioether (sulfide) groups is 1. The Bertz CT molecular complexity index is 687. The number of carbonyl (C=O) groups excluding carboxylic acids is 1. The van der Waals surface area contributed by atoms with Gasteiger partial charge in [0.1, 0.15) is 4.32 Å². The van der Waals surface area contributed by atoms with E-state index in [1.165, 1.54) is 16.7 Å². The molecule has 0 bridgehead atoms. The van der Waals surface area contributed by atoms with Gasteiger partial charge in [-0.2, -0.15) is 0 Å². The lowest BCUT2D eigenvalue weighted by Crippen LogP contribution is -2.27. The Morgan fingerprint density at radius 2 is 2.14 bits per heavy atom. The van der Waals surface area contributed by atoms with Gasteiger partial charge in [-0.05, 0) is 17.7 Å². The van der Waals surface area contributed by atoms with Crippen molar-refractivity contribution < 1.29 is 14.3 Å². The van der Waals surface area contributed by atoms with Crippen LogP contribution in [0, 0.1) is 0 Å². The summed E-state index contributed by atoms with van der Waals surface area (Å²) in [6, 6.07) is 3.44. The first kappa shape index (κ1) is 14.4. The fraction of sp³-hybridized carbons (Fsp3) is 0.143. The van der Waals surface area contributed by atoms with Crippen LogP contribution in [0.5, 0.6) is 11.5 Å². The second-order valence-electron chi connectivity index (χ2n) is 4.31. The van der Waals surface area contributed by atoms with Gasteiger partial charge in [0.05, 0.1) is 9.93 Å². The molecule has 0 saturated carbocycles. The van der Waals surface area contributed by atoms with Crippen molar-refractivity contribution in [2.75, 3.05) is 13.3 Å². The SMILES string of the molecule is C=CCN1C(=O)C(=Cc2cc3c(cc2Cl)OCO3)SC1=S. The molecule has 1 aromatic carbocycles. The van der Waals surface area contributed by atoms with Gasteiger partial charge < -0.3 is 9.47 Å². The highest BCUT2D eigenvalue weighted by Crippen LogP contribution is 2.39. The molecule has 0 atom stereocenters. The second-order valence-corrected chi connectivity index (χ2v) is 6.39. The number of ether oxygens (including phenoxy) is 2. The maximum absolute atomic E-state index is 12.3. The van der Waals surface area contributed by atoms with Gasteiger partial charge in [0.25, 0.3) is 5.91 Å². The highest BCUT2D eigenvalue weighted by Gasteiger charge is 2.31. The molecule has 4 nitrogen and oxygen atoms in total. The normalized spacial score (nSPS) is 18.7. The number of fused-ring (bicyclic) bond motifs is 1. The molecule has 108 valence electrons. The van der Waals surface area contributed by atoms with E-state index < -0.39 is 0 Å². The fourth-order valence-corrected chi connectivity index (χ4v) is 3.45. The highest BCUT2D eigenvalue weighted by atomic mass is 35.5. The number of benzene rings is 1. The Balaban J connectivity index is 1.94. The lowest BCUT2D eigenvalue weighted by atomic mass is 10.2. The van der Waals surface area contributed by atoms with Crippen LogP contribution in [-0.4, -0.2) is 28.5 Å². The van der Waals surface area contributed by atoms with Crippen molar-refractivity contribution >= 4 is 51.9 Å². The van der Waals surface area contributed by atoms with Crippen molar-refractivity contribution in [3.8, 4) is 11.5 Å². The summed E-state index contributed by atoms with van der Waals surface area (Å²) in [5, 5.41) is 0.494. The maximum Gasteiger partial charge on any atom is 0.266 e. The minimum atomic E-state index is -0.140. The molecule has 1 aromatic rings. The smallest absolute Gasteiger partial charge is 0.266 e. The van der Waals surface area contributed by atoms with E-state index in [1.54, 1.807) is 24.3 Å². The zero-order valence-corrected chi connectivity index (χ0v) is 13.2. The van der Waals surface area contributed by atoms with Crippen molar-refractivity contribution in [1.29, 1.82) is 0 Å². The Morgan fingerprint density at radius 3 is 2.86 bits per heavy atom. The molecule has 0 aromatic heterocycles. The van der Waals surface area contributed by atoms with Crippen LogP contribution in [0.4, 0.5) is 0 Å². The highest BCUT2D eigenvalue weighted by molar-refractivity contribution is 8.26. The van der Waals surface area contributed by atoms with Crippen LogP contribution < -0.4 is 9.47 Å². The first-order valence-corrected chi connectivity index (χ1v) is 7.66. The standard InChI is InChI=1S/C14H10ClNO3S2/c1-2-3-16-13(17)12(21-14(16)20)5-8-4-10-11(6-9(8)15)19-7-18-10/h2,4-6H,1,3,7H2. The number of hydrogen-bond acceptors (Lipinski definition) is 5. The molecular weight excluding hydrogens is 330 g/mol. The van der Waals surface area contributed by atoms with Gasteiger partial charge in [-0.15, -0.1) is 6.58 Å². The lowest BCUT2D eigenvalue weighted by Gasteiger charge is -2.10. The number of hydrogen-bond donors (Lipinski definition) is 0. The van der Waals surface area contributed by atoms with Gasteiger partial charge in [0.2, 0.25) is 6.79 Å². The number of halogens is 1. The van der Waals surface area contributed by atoms with E-state index in [2.05, 4.69) is 6.58 Å². The van der Waals surface area contributed by atoms with E-state index in [1.807, 2.05) is 0 Å². The molecule has 2 aliphatic heterocycles. The first-order valence-electron chi connectivity index (χ1n) is 6.05. The van der Waals surface area contributed by atoms with Gasteiger partial charge in [-0.3, -0.25) is 9.69 Å². The number of rotatable bonds is 3. The Hall–Kier alpha value is -1.50. The molecule has 1 fully saturated rings. The number of nitrogens with zero attached hydrogens (tertiary/aromatic N) is 1. The van der Waals surface area contributed by atoms with Crippen LogP contribution in [0.3, 0.4) is 0 Å². The molecule has 2 aliphatic rings. The topological polar surface area (TPSA) is 38.8 Å². The van der Waals surface area contributed by atoms with Gasteiger partial charge in [0, 0.05) is 12.6 Å². The molecule has 21 heavy (non-hydrogen) atoms. The van der Waals surface area contributed by atoms with Crippen molar-refractivity contribution in [3.63, 3.8) is 0 Å². The summed E-state index contributed by atoms with van der Waals surface area (Å²) in [6.07, 6.45) is 3.36. The predicted octanol–water partition coefficient (Wildman–Crippen LogP) is 3.46. The van der Waals surface area contributed by atoms with Gasteiger partial charge >= 0.3 is 0 Å². The molecule has 7 heteroatoms. The van der Waals surface area contributed by atoms with E-state index in [-0.39, 0.29) is 12.7 Å². The first-order chi connectivity index (χ1) is 10.1. The Morgan fingerprint density at radius 1 is 1.43 bits per heavy atom. The molecule has 0 N–H and O–H groups in total. The summed E-state index contributed by atoms with van der Waals surface area (Å²) < 4.78 is 11.1. The van der Waals surface area contributed by atoms with E-state index in [0.717, 1.165) is 0 Å². The summed E-state index contributed by atoms with van der Waals surface area (Å²) >= 11 is 12.6. The summed E-state index contributed by atoms with van der Waals surface area (Å²) in [5.74, 6) is 1.09. The lowest BCUT2D eigenvalue weighted by molar-refractivity contribution is -0.121. The third-order valence-corrected chi connectivity index (χ3v) is 4.67. The van der Waals surface area contributed by atoms with Gasteiger partial charge in [-0.25, -0.2) is 0 Å². The molecule has 0 unspecified atom stereocenters. The largest absolute Gasteiger partial charge is 0.454 e. The molecule has 1 amide bonds. The zero-order chi connectivity index (χ0) is 15.0. The molecule has 3 rings (SSSR count). The van der Waals surface area contributed by atoms with E-state index in [9.17, 15) is 4.79 Å². The maximum atomic E-state index is 12.3. The van der Waals surface area contributed by atoms with Crippen molar-refractivity contribution in [2.45, 2.75) is 0 Å². The van der Waals surface area contributed by atoms with Crippen LogP contribution in [0.25, 0.3) is 6.08 Å². The van der Waals surface area contributed by atoms with Crippen LogP contribution >= 0.6 is 35.6 Å². The number of amides is 1. The van der Waals surface area contributed by atoms with Crippen LogP contribution in [0.15, 0.2) is 29.7 Å². The number of thiocarbonyl (C=S) groups is 1. The molecular formula is C14H10ClNO3S2. The third-order valence-electron chi connectivity index (χ3n) is 2.96. The van der Waals surface area contributed by atoms with Crippen LogP contribution in [0.1, 0.15) is 5.56 Å². The summed E-state index contributed by atoms with van der Waals surface area (Å²) in [7, 11) is 0. The third kappa shape index (κ3) is 2.66. The van der Waals surface area contributed by atoms with E-state index in [4.69, 9.17) is 33.3 Å². The van der Waals surface area contributed by atoms with E-state index in [0.29, 0.717) is 37.9 Å². The minimum Gasteiger partial charge on any atom is -0.454 e. The van der Waals surface area contributed by atoms with E-state index >= 15 is 0 Å². The minimum absolute atomic E-state index is 0.140. The molecule has 0 aliphatic carbocycles. The van der Waals surface area contributed by atoms with Gasteiger partial charge in [0.15, 0.2) is 11.5 Å². The van der Waals surface area contributed by atoms with Crippen molar-refractivity contribution in [2.24, 2.45) is 0 Å². The molecule has 1 saturated heterocycles. The molecule has 0 radical (unpaired) electrons. The average Bonchev–Trinajstić information content (AvgIpc) is 2.99. The average molecular weight is 340 g/mol. The quantitative estimate of drug-likeness (QED) is 0.479. The second kappa shape index (κ2) is 5.71. The fourth-order valence-electron chi connectivity index (χ4n) is 1.97. The summed E-state index contributed by atoms with van der Waals surface area (Å²) in [5.41, 5.74) is 0.694.